The van der Waals surface area contributed by atoms with Gasteiger partial charge < -0.3 is 10.0 Å². The third-order valence-electron chi connectivity index (χ3n) is 4.25. The summed E-state index contributed by atoms with van der Waals surface area (Å²) in [5, 5.41) is 9.39. The van der Waals surface area contributed by atoms with Crippen LogP contribution < -0.4 is 11.2 Å². The van der Waals surface area contributed by atoms with Crippen molar-refractivity contribution in [2.45, 2.75) is 25.3 Å². The lowest BCUT2D eigenvalue weighted by Crippen LogP contribution is -2.48. The number of H-pyrrole nitrogens is 1. The summed E-state index contributed by atoms with van der Waals surface area (Å²) in [5.74, 6) is -1.53. The molecule has 24 heavy (non-hydrogen) atoms. The van der Waals surface area contributed by atoms with Crippen LogP contribution in [0.3, 0.4) is 0 Å². The molecule has 0 radical (unpaired) electrons. The van der Waals surface area contributed by atoms with E-state index >= 15 is 0 Å². The van der Waals surface area contributed by atoms with Gasteiger partial charge in [0.15, 0.2) is 0 Å². The van der Waals surface area contributed by atoms with Crippen LogP contribution in [0.4, 0.5) is 0 Å². The minimum absolute atomic E-state index is 0.104. The molecule has 126 valence electrons. The molecule has 0 aromatic carbocycles. The lowest BCUT2D eigenvalue weighted by Gasteiger charge is -2.32. The van der Waals surface area contributed by atoms with Crippen molar-refractivity contribution >= 4 is 22.9 Å². The van der Waals surface area contributed by atoms with Crippen LogP contribution in [0.5, 0.6) is 0 Å². The number of aryl methyl sites for hydroxylation is 1. The van der Waals surface area contributed by atoms with Gasteiger partial charge in [0.05, 0.1) is 10.9 Å². The Balaban J connectivity index is 2.06. The van der Waals surface area contributed by atoms with E-state index in [2.05, 4.69) is 9.97 Å². The van der Waals surface area contributed by atoms with E-state index in [1.807, 2.05) is 0 Å². The predicted octanol–water partition coefficient (Wildman–Crippen LogP) is -0.299. The Hall–Kier alpha value is -2.97. The molecule has 1 aliphatic heterocycles. The highest BCUT2D eigenvalue weighted by Crippen LogP contribution is 2.20. The fourth-order valence-corrected chi connectivity index (χ4v) is 2.95. The largest absolute Gasteiger partial charge is 0.480 e. The van der Waals surface area contributed by atoms with Crippen LogP contribution >= 0.6 is 0 Å². The third kappa shape index (κ3) is 2.57. The summed E-state index contributed by atoms with van der Waals surface area (Å²) in [5.41, 5.74) is -0.946. The Bertz CT molecular complexity index is 945. The molecule has 1 saturated heterocycles. The number of hydrogen-bond acceptors (Lipinski definition) is 5. The molecule has 0 aliphatic carbocycles. The normalized spacial score (nSPS) is 17.9. The number of pyridine rings is 1. The first-order chi connectivity index (χ1) is 11.4. The quantitative estimate of drug-likeness (QED) is 0.778. The van der Waals surface area contributed by atoms with E-state index in [-0.39, 0.29) is 16.6 Å². The van der Waals surface area contributed by atoms with Crippen molar-refractivity contribution in [3.63, 3.8) is 0 Å². The van der Waals surface area contributed by atoms with Gasteiger partial charge in [-0.1, -0.05) is 0 Å². The highest BCUT2D eigenvalue weighted by molar-refractivity contribution is 5.98. The molecule has 9 heteroatoms. The second-order valence-corrected chi connectivity index (χ2v) is 5.76. The number of likely N-dealkylation sites (tertiary alicyclic amines) is 1. The van der Waals surface area contributed by atoms with Crippen molar-refractivity contribution in [2.24, 2.45) is 7.05 Å². The molecule has 2 aromatic rings. The first-order valence-corrected chi connectivity index (χ1v) is 7.53. The molecule has 1 unspecified atom stereocenters. The molecular weight excluding hydrogens is 316 g/mol. The fraction of sp³-hybridized carbons (Fsp3) is 0.400. The fourth-order valence-electron chi connectivity index (χ4n) is 2.95. The number of nitrogens with zero attached hydrogens (tertiary/aromatic N) is 3. The predicted molar refractivity (Wildman–Crippen MR) is 83.9 cm³/mol. The smallest absolute Gasteiger partial charge is 0.329 e. The van der Waals surface area contributed by atoms with Crippen LogP contribution in [0.25, 0.3) is 11.0 Å². The minimum atomic E-state index is -1.04. The Kier molecular flexibility index (Phi) is 3.92. The number of hydrogen-bond donors (Lipinski definition) is 2. The zero-order chi connectivity index (χ0) is 17.4. The number of carboxylic acid groups (broad SMARTS) is 1. The number of aromatic amines is 1. The molecule has 3 heterocycles. The molecule has 1 amide bonds. The topological polar surface area (TPSA) is 125 Å². The zero-order valence-electron chi connectivity index (χ0n) is 13.0. The van der Waals surface area contributed by atoms with E-state index in [4.69, 9.17) is 0 Å². The van der Waals surface area contributed by atoms with Gasteiger partial charge in [-0.05, 0) is 25.3 Å². The van der Waals surface area contributed by atoms with E-state index in [0.717, 1.165) is 12.8 Å². The Labute approximate surface area is 135 Å². The van der Waals surface area contributed by atoms with E-state index in [0.29, 0.717) is 13.0 Å². The molecule has 9 nitrogen and oxygen atoms in total. The number of piperidine rings is 1. The molecule has 1 aliphatic rings. The van der Waals surface area contributed by atoms with Crippen molar-refractivity contribution in [3.05, 3.63) is 38.7 Å². The maximum absolute atomic E-state index is 12.7. The zero-order valence-corrected chi connectivity index (χ0v) is 13.0. The van der Waals surface area contributed by atoms with Crippen molar-refractivity contribution in [2.75, 3.05) is 6.54 Å². The second-order valence-electron chi connectivity index (χ2n) is 5.76. The monoisotopic (exact) mass is 332 g/mol. The van der Waals surface area contributed by atoms with E-state index in [1.54, 1.807) is 0 Å². The number of fused-ring (bicyclic) bond motifs is 1. The first kappa shape index (κ1) is 15.9. The summed E-state index contributed by atoms with van der Waals surface area (Å²) < 4.78 is 1.17. The van der Waals surface area contributed by atoms with Crippen molar-refractivity contribution < 1.29 is 14.7 Å². The maximum atomic E-state index is 12.7. The van der Waals surface area contributed by atoms with E-state index in [1.165, 1.54) is 28.8 Å². The number of rotatable bonds is 2. The number of carboxylic acids is 1. The molecule has 2 N–H and O–H groups in total. The number of aromatic nitrogens is 3. The third-order valence-corrected chi connectivity index (χ3v) is 4.25. The van der Waals surface area contributed by atoms with Crippen LogP contribution in [0.2, 0.25) is 0 Å². The highest BCUT2D eigenvalue weighted by Gasteiger charge is 2.32. The Morgan fingerprint density at radius 2 is 2.08 bits per heavy atom. The molecule has 3 rings (SSSR count). The molecular formula is C15H16N4O5. The van der Waals surface area contributed by atoms with Gasteiger partial charge >= 0.3 is 11.7 Å². The Morgan fingerprint density at radius 3 is 2.79 bits per heavy atom. The number of carbonyl (C=O) groups excluding carboxylic acids is 1. The maximum Gasteiger partial charge on any atom is 0.329 e. The average molecular weight is 332 g/mol. The molecule has 1 fully saturated rings. The molecule has 0 saturated carbocycles. The van der Waals surface area contributed by atoms with Crippen LogP contribution in [-0.4, -0.2) is 49.0 Å². The van der Waals surface area contributed by atoms with E-state index < -0.39 is 29.2 Å². The van der Waals surface area contributed by atoms with Crippen LogP contribution in [-0.2, 0) is 11.8 Å². The Morgan fingerprint density at radius 1 is 1.33 bits per heavy atom. The molecule has 1 atom stereocenters. The van der Waals surface area contributed by atoms with Crippen molar-refractivity contribution in [1.82, 2.24) is 19.4 Å². The van der Waals surface area contributed by atoms with Crippen molar-refractivity contribution in [1.29, 1.82) is 0 Å². The lowest BCUT2D eigenvalue weighted by atomic mass is 10.0. The highest BCUT2D eigenvalue weighted by atomic mass is 16.4. The number of carbonyl (C=O) groups is 2. The van der Waals surface area contributed by atoms with Gasteiger partial charge in [0, 0.05) is 19.8 Å². The lowest BCUT2D eigenvalue weighted by molar-refractivity contribution is -0.143. The number of amides is 1. The second kappa shape index (κ2) is 5.91. The molecule has 2 aromatic heterocycles. The molecule has 0 spiro atoms. The van der Waals surface area contributed by atoms with Gasteiger partial charge in [-0.15, -0.1) is 0 Å². The first-order valence-electron chi connectivity index (χ1n) is 7.53. The van der Waals surface area contributed by atoms with Gasteiger partial charge in [-0.2, -0.15) is 0 Å². The summed E-state index contributed by atoms with van der Waals surface area (Å²) >= 11 is 0. The standard InChI is InChI=1S/C15H16N4O5/c1-18-11-9(12(20)17-15(18)24)6-8(7-16-11)13(21)19-5-3-2-4-10(19)14(22)23/h6-7,10H,2-5H2,1H3,(H,22,23)(H,17,20,24). The molecule has 0 bridgehead atoms. The van der Waals surface area contributed by atoms with E-state index in [9.17, 15) is 24.3 Å². The average Bonchev–Trinajstić information content (AvgIpc) is 2.58. The van der Waals surface area contributed by atoms with Gasteiger partial charge in [0.2, 0.25) is 0 Å². The number of nitrogens with one attached hydrogen (secondary N) is 1. The summed E-state index contributed by atoms with van der Waals surface area (Å²) in [6, 6.07) is 0.469. The van der Waals surface area contributed by atoms with Gasteiger partial charge in [0.25, 0.3) is 11.5 Å². The minimum Gasteiger partial charge on any atom is -0.480 e. The van der Waals surface area contributed by atoms with Gasteiger partial charge in [-0.3, -0.25) is 19.1 Å². The van der Waals surface area contributed by atoms with Crippen LogP contribution in [0.1, 0.15) is 29.6 Å². The van der Waals surface area contributed by atoms with Crippen LogP contribution in [0.15, 0.2) is 21.9 Å². The number of aliphatic carboxylic acids is 1. The summed E-state index contributed by atoms with van der Waals surface area (Å²) in [7, 11) is 1.46. The van der Waals surface area contributed by atoms with Gasteiger partial charge in [0.1, 0.15) is 11.7 Å². The SMILES string of the molecule is Cn1c(=O)[nH]c(=O)c2cc(C(=O)N3CCCCC3C(=O)O)cnc21. The summed E-state index contributed by atoms with van der Waals surface area (Å²) in [4.78, 5) is 55.0. The van der Waals surface area contributed by atoms with Gasteiger partial charge in [-0.25, -0.2) is 14.6 Å². The van der Waals surface area contributed by atoms with Crippen molar-refractivity contribution in [3.8, 4) is 0 Å². The summed E-state index contributed by atoms with van der Waals surface area (Å²) in [6.07, 6.45) is 3.14. The van der Waals surface area contributed by atoms with Crippen LogP contribution in [0, 0.1) is 0 Å². The summed E-state index contributed by atoms with van der Waals surface area (Å²) in [6.45, 7) is 0.345.